The number of nitrogens with one attached hydrogen (secondary N) is 2. The number of nitrogens with zero attached hydrogens (tertiary/aromatic N) is 1. The number of benzene rings is 2. The van der Waals surface area contributed by atoms with Gasteiger partial charge in [-0.15, -0.1) is 0 Å². The summed E-state index contributed by atoms with van der Waals surface area (Å²) >= 11 is 0. The molecule has 0 saturated heterocycles. The van der Waals surface area contributed by atoms with Crippen LogP contribution in [0.5, 0.6) is 5.75 Å². The maximum atomic E-state index is 12.9. The van der Waals surface area contributed by atoms with Crippen LogP contribution in [0, 0.1) is 0 Å². The monoisotopic (exact) mass is 525 g/mol. The number of aryl methyl sites for hydroxylation is 1. The van der Waals surface area contributed by atoms with E-state index >= 15 is 0 Å². The second kappa shape index (κ2) is 11.1. The predicted molar refractivity (Wildman–Crippen MR) is 130 cm³/mol. The number of fused-ring (bicyclic) bond motifs is 1. The molecule has 11 nitrogen and oxygen atoms in total. The lowest BCUT2D eigenvalue weighted by Gasteiger charge is -2.22. The van der Waals surface area contributed by atoms with Crippen molar-refractivity contribution in [2.45, 2.75) is 24.5 Å². The van der Waals surface area contributed by atoms with Gasteiger partial charge in [0.25, 0.3) is 10.0 Å². The smallest absolute Gasteiger partial charge is 0.263 e. The summed E-state index contributed by atoms with van der Waals surface area (Å²) in [6.07, 6.45) is 0.478. The van der Waals surface area contributed by atoms with Crippen molar-refractivity contribution in [3.8, 4) is 5.75 Å². The molecule has 0 spiro atoms. The number of ether oxygens (including phenoxy) is 3. The maximum Gasteiger partial charge on any atom is 0.263 e. The number of anilines is 1. The zero-order valence-corrected chi connectivity index (χ0v) is 21.1. The van der Waals surface area contributed by atoms with E-state index in [4.69, 9.17) is 18.7 Å². The summed E-state index contributed by atoms with van der Waals surface area (Å²) in [6, 6.07) is 9.48. The molecule has 1 unspecified atom stereocenters. The Labute approximate surface area is 204 Å². The van der Waals surface area contributed by atoms with Gasteiger partial charge in [-0.05, 0) is 30.2 Å². The SMILES string of the molecule is C=CNS(=O)(=O)CCOC(OC)c1c(OC)c(CC)cc2onc(NS(=O)(=O)c3ccccc3)c12. The van der Waals surface area contributed by atoms with Crippen molar-refractivity contribution in [1.29, 1.82) is 0 Å². The Hall–Kier alpha value is -3.13. The number of aromatic nitrogens is 1. The topological polar surface area (TPSA) is 146 Å². The largest absolute Gasteiger partial charge is 0.496 e. The maximum absolute atomic E-state index is 12.9. The third-order valence-corrected chi connectivity index (χ3v) is 7.62. The van der Waals surface area contributed by atoms with E-state index in [2.05, 4.69) is 21.2 Å². The molecule has 1 aromatic heterocycles. The molecule has 3 rings (SSSR count). The van der Waals surface area contributed by atoms with Crippen LogP contribution in [0.4, 0.5) is 5.82 Å². The van der Waals surface area contributed by atoms with Crippen LogP contribution in [0.25, 0.3) is 11.0 Å². The van der Waals surface area contributed by atoms with E-state index in [1.165, 1.54) is 26.4 Å². The van der Waals surface area contributed by atoms with E-state index in [9.17, 15) is 16.8 Å². The van der Waals surface area contributed by atoms with Crippen LogP contribution in [-0.2, 0) is 35.9 Å². The summed E-state index contributed by atoms with van der Waals surface area (Å²) in [5.74, 6) is -0.0803. The molecule has 0 fully saturated rings. The summed E-state index contributed by atoms with van der Waals surface area (Å²) in [6.45, 7) is 5.00. The lowest BCUT2D eigenvalue weighted by Crippen LogP contribution is -2.25. The Balaban J connectivity index is 2.09. The zero-order valence-electron chi connectivity index (χ0n) is 19.5. The van der Waals surface area contributed by atoms with Crippen molar-refractivity contribution < 1.29 is 35.6 Å². The van der Waals surface area contributed by atoms with Gasteiger partial charge in [0, 0.05) is 13.3 Å². The molecular weight excluding hydrogens is 498 g/mol. The average Bonchev–Trinajstić information content (AvgIpc) is 3.22. The van der Waals surface area contributed by atoms with E-state index in [1.54, 1.807) is 24.3 Å². The fraction of sp³-hybridized carbons (Fsp3) is 0.318. The highest BCUT2D eigenvalue weighted by atomic mass is 32.2. The second-order valence-electron chi connectivity index (χ2n) is 7.24. The molecule has 2 N–H and O–H groups in total. The van der Waals surface area contributed by atoms with Gasteiger partial charge in [0.15, 0.2) is 17.7 Å². The fourth-order valence-corrected chi connectivity index (χ4v) is 5.19. The Morgan fingerprint density at radius 3 is 2.49 bits per heavy atom. The van der Waals surface area contributed by atoms with Gasteiger partial charge in [0.1, 0.15) is 5.75 Å². The van der Waals surface area contributed by atoms with Gasteiger partial charge in [-0.25, -0.2) is 16.8 Å². The normalized spacial score (nSPS) is 12.9. The Kier molecular flexibility index (Phi) is 8.38. The fourth-order valence-electron chi connectivity index (χ4n) is 3.48. The predicted octanol–water partition coefficient (Wildman–Crippen LogP) is 2.92. The van der Waals surface area contributed by atoms with Crippen molar-refractivity contribution in [3.63, 3.8) is 0 Å². The first kappa shape index (κ1) is 26.5. The number of hydrogen-bond donors (Lipinski definition) is 2. The van der Waals surface area contributed by atoms with Crippen LogP contribution >= 0.6 is 0 Å². The molecule has 0 radical (unpaired) electrons. The van der Waals surface area contributed by atoms with Crippen LogP contribution < -0.4 is 14.2 Å². The zero-order chi connectivity index (χ0) is 25.6. The van der Waals surface area contributed by atoms with Gasteiger partial charge in [-0.1, -0.05) is 36.9 Å². The molecule has 35 heavy (non-hydrogen) atoms. The lowest BCUT2D eigenvalue weighted by molar-refractivity contribution is -0.123. The number of hydrogen-bond acceptors (Lipinski definition) is 9. The van der Waals surface area contributed by atoms with Gasteiger partial charge in [-0.3, -0.25) is 9.44 Å². The molecule has 0 aliphatic carbocycles. The third-order valence-electron chi connectivity index (χ3n) is 5.03. The highest BCUT2D eigenvalue weighted by molar-refractivity contribution is 7.92. The molecule has 1 atom stereocenters. The minimum atomic E-state index is -3.99. The van der Waals surface area contributed by atoms with Gasteiger partial charge >= 0.3 is 0 Å². The molecule has 3 aromatic rings. The molecule has 1 heterocycles. The molecule has 190 valence electrons. The molecule has 13 heteroatoms. The second-order valence-corrected chi connectivity index (χ2v) is 10.8. The number of sulfonamides is 2. The summed E-state index contributed by atoms with van der Waals surface area (Å²) in [5.41, 5.74) is 1.32. The number of rotatable bonds is 13. The van der Waals surface area contributed by atoms with Crippen molar-refractivity contribution in [1.82, 2.24) is 9.88 Å². The van der Waals surface area contributed by atoms with Crippen LogP contribution in [0.15, 0.2) is 58.6 Å². The van der Waals surface area contributed by atoms with E-state index < -0.39 is 26.3 Å². The summed E-state index contributed by atoms with van der Waals surface area (Å²) < 4.78 is 76.7. The first-order chi connectivity index (χ1) is 16.7. The van der Waals surface area contributed by atoms with Crippen LogP contribution in [0.2, 0.25) is 0 Å². The molecule has 0 amide bonds. The number of methoxy groups -OCH3 is 2. The lowest BCUT2D eigenvalue weighted by atomic mass is 10.0. The van der Waals surface area contributed by atoms with Crippen molar-refractivity contribution >= 4 is 36.8 Å². The summed E-state index contributed by atoms with van der Waals surface area (Å²) in [7, 11) is -4.81. The highest BCUT2D eigenvalue weighted by Crippen LogP contribution is 2.42. The van der Waals surface area contributed by atoms with Crippen molar-refractivity contribution in [2.75, 3.05) is 31.3 Å². The molecule has 0 aliphatic heterocycles. The average molecular weight is 526 g/mol. The Morgan fingerprint density at radius 2 is 1.89 bits per heavy atom. The molecule has 0 bridgehead atoms. The Morgan fingerprint density at radius 1 is 1.17 bits per heavy atom. The molecule has 0 saturated carbocycles. The van der Waals surface area contributed by atoms with Crippen LogP contribution in [-0.4, -0.2) is 48.6 Å². The van der Waals surface area contributed by atoms with E-state index in [1.807, 2.05) is 6.92 Å². The third kappa shape index (κ3) is 5.93. The van der Waals surface area contributed by atoms with Gasteiger partial charge in [0.2, 0.25) is 10.0 Å². The van der Waals surface area contributed by atoms with Gasteiger partial charge < -0.3 is 18.7 Å². The van der Waals surface area contributed by atoms with Crippen LogP contribution in [0.3, 0.4) is 0 Å². The van der Waals surface area contributed by atoms with Crippen molar-refractivity contribution in [2.24, 2.45) is 0 Å². The standard InChI is InChI=1S/C22H27N3O8S2/c1-5-15-14-17-18(21(24-33-17)25-35(28,29)16-10-8-7-9-11-16)19(20(15)30-3)22(31-4)32-12-13-34(26,27)23-6-2/h6-11,14,22-23H,2,5,12-13H2,1,3-4H3,(H,24,25). The summed E-state index contributed by atoms with van der Waals surface area (Å²) in [4.78, 5) is 0.0364. The van der Waals surface area contributed by atoms with E-state index in [-0.39, 0.29) is 34.0 Å². The van der Waals surface area contributed by atoms with Crippen molar-refractivity contribution in [3.05, 3.63) is 60.3 Å². The van der Waals surface area contributed by atoms with Crippen LogP contribution in [0.1, 0.15) is 24.3 Å². The van der Waals surface area contributed by atoms with Gasteiger partial charge in [0.05, 0.1) is 35.3 Å². The Bertz CT molecular complexity index is 1390. The first-order valence-electron chi connectivity index (χ1n) is 10.5. The highest BCUT2D eigenvalue weighted by Gasteiger charge is 2.29. The van der Waals surface area contributed by atoms with E-state index in [0.717, 1.165) is 11.8 Å². The quantitative estimate of drug-likeness (QED) is 0.322. The summed E-state index contributed by atoms with van der Waals surface area (Å²) in [5, 5.41) is 4.19. The minimum Gasteiger partial charge on any atom is -0.496 e. The molecular formula is C22H27N3O8S2. The van der Waals surface area contributed by atoms with Gasteiger partial charge in [-0.2, -0.15) is 0 Å². The minimum absolute atomic E-state index is 0.0364. The molecule has 2 aromatic carbocycles. The first-order valence-corrected chi connectivity index (χ1v) is 13.6. The molecule has 0 aliphatic rings. The van der Waals surface area contributed by atoms with E-state index in [0.29, 0.717) is 17.7 Å².